The molecule has 0 saturated carbocycles. The summed E-state index contributed by atoms with van der Waals surface area (Å²) in [5, 5.41) is 3.64. The Morgan fingerprint density at radius 2 is 2.00 bits per heavy atom. The Kier molecular flexibility index (Phi) is 4.93. The average Bonchev–Trinajstić information content (AvgIpc) is 2.77. The Hall–Kier alpha value is -2.10. The molecular formula is C16H19NO3. The zero-order valence-corrected chi connectivity index (χ0v) is 11.9. The van der Waals surface area contributed by atoms with Crippen LogP contribution in [0.2, 0.25) is 0 Å². The Morgan fingerprint density at radius 3 is 2.60 bits per heavy atom. The minimum absolute atomic E-state index is 0.401. The molecule has 0 saturated heterocycles. The van der Waals surface area contributed by atoms with Crippen molar-refractivity contribution in [2.24, 2.45) is 5.16 Å². The third-order valence-electron chi connectivity index (χ3n) is 3.08. The molecule has 1 heterocycles. The zero-order valence-electron chi connectivity index (χ0n) is 11.9. The summed E-state index contributed by atoms with van der Waals surface area (Å²) in [4.78, 5) is 16.0. The second kappa shape index (κ2) is 6.89. The summed E-state index contributed by atoms with van der Waals surface area (Å²) in [6.45, 7) is 4.66. The molecule has 106 valence electrons. The van der Waals surface area contributed by atoms with Crippen molar-refractivity contribution in [3.05, 3.63) is 35.4 Å². The van der Waals surface area contributed by atoms with Gasteiger partial charge in [0.15, 0.2) is 0 Å². The van der Waals surface area contributed by atoms with Gasteiger partial charge in [0.2, 0.25) is 0 Å². The first-order valence-electron chi connectivity index (χ1n) is 6.91. The molecule has 0 aliphatic carbocycles. The van der Waals surface area contributed by atoms with Crippen LogP contribution in [-0.2, 0) is 9.63 Å². The molecule has 4 nitrogen and oxygen atoms in total. The maximum absolute atomic E-state index is 11.4. The van der Waals surface area contributed by atoms with Crippen molar-refractivity contribution >= 4 is 17.8 Å². The first-order chi connectivity index (χ1) is 9.70. The molecule has 1 aliphatic rings. The minimum Gasteiger partial charge on any atom is -0.494 e. The summed E-state index contributed by atoms with van der Waals surface area (Å²) < 4.78 is 5.64. The number of hydrogen-bond acceptors (Lipinski definition) is 4. The fraction of sp³-hybridized carbons (Fsp3) is 0.375. The normalized spacial score (nSPS) is 16.2. The first kappa shape index (κ1) is 14.3. The molecule has 0 atom stereocenters. The highest BCUT2D eigenvalue weighted by Crippen LogP contribution is 2.18. The van der Waals surface area contributed by atoms with Gasteiger partial charge in [-0.2, -0.15) is 0 Å². The van der Waals surface area contributed by atoms with Crippen LogP contribution >= 0.6 is 0 Å². The van der Waals surface area contributed by atoms with E-state index in [0.717, 1.165) is 24.3 Å². The van der Waals surface area contributed by atoms with Crippen molar-refractivity contribution in [1.29, 1.82) is 0 Å². The van der Waals surface area contributed by atoms with Gasteiger partial charge in [0.25, 0.3) is 0 Å². The molecule has 20 heavy (non-hydrogen) atoms. The Balaban J connectivity index is 1.96. The van der Waals surface area contributed by atoms with Crippen LogP contribution in [0.4, 0.5) is 0 Å². The number of rotatable bonds is 6. The molecule has 0 bridgehead atoms. The van der Waals surface area contributed by atoms with E-state index in [1.807, 2.05) is 24.3 Å². The third kappa shape index (κ3) is 3.70. The monoisotopic (exact) mass is 273 g/mol. The van der Waals surface area contributed by atoms with E-state index in [1.54, 1.807) is 13.0 Å². The second-order valence-corrected chi connectivity index (χ2v) is 4.74. The van der Waals surface area contributed by atoms with Crippen LogP contribution in [0, 0.1) is 0 Å². The average molecular weight is 273 g/mol. The maximum Gasteiger partial charge on any atom is 0.367 e. The van der Waals surface area contributed by atoms with Crippen molar-refractivity contribution in [3.63, 3.8) is 0 Å². The highest BCUT2D eigenvalue weighted by atomic mass is 16.7. The van der Waals surface area contributed by atoms with Crippen LogP contribution in [0.3, 0.4) is 0 Å². The predicted molar refractivity (Wildman–Crippen MR) is 78.6 cm³/mol. The molecular weight excluding hydrogens is 254 g/mol. The Morgan fingerprint density at radius 1 is 1.25 bits per heavy atom. The van der Waals surface area contributed by atoms with Gasteiger partial charge in [-0.1, -0.05) is 37.1 Å². The van der Waals surface area contributed by atoms with Gasteiger partial charge < -0.3 is 9.57 Å². The molecule has 1 aromatic rings. The number of carbonyl (C=O) groups excluding carboxylic acids is 1. The molecule has 0 radical (unpaired) electrons. The van der Waals surface area contributed by atoms with E-state index in [0.29, 0.717) is 11.3 Å². The van der Waals surface area contributed by atoms with E-state index in [9.17, 15) is 4.79 Å². The first-order valence-corrected chi connectivity index (χ1v) is 6.91. The second-order valence-electron chi connectivity index (χ2n) is 4.74. The largest absolute Gasteiger partial charge is 0.494 e. The number of unbranched alkanes of at least 4 members (excludes halogenated alkanes) is 2. The summed E-state index contributed by atoms with van der Waals surface area (Å²) in [6, 6.07) is 7.65. The number of benzene rings is 1. The Labute approximate surface area is 119 Å². The van der Waals surface area contributed by atoms with Crippen molar-refractivity contribution in [2.45, 2.75) is 33.1 Å². The summed E-state index contributed by atoms with van der Waals surface area (Å²) in [5.74, 6) is 0.449. The highest BCUT2D eigenvalue weighted by Gasteiger charge is 2.21. The van der Waals surface area contributed by atoms with Crippen molar-refractivity contribution in [2.75, 3.05) is 6.61 Å². The van der Waals surface area contributed by atoms with Gasteiger partial charge in [-0.3, -0.25) is 0 Å². The molecule has 0 aromatic heterocycles. The van der Waals surface area contributed by atoms with Crippen LogP contribution in [0.25, 0.3) is 6.08 Å². The molecule has 0 N–H and O–H groups in total. The van der Waals surface area contributed by atoms with Gasteiger partial charge in [0, 0.05) is 0 Å². The smallest absolute Gasteiger partial charge is 0.367 e. The van der Waals surface area contributed by atoms with Crippen molar-refractivity contribution in [3.8, 4) is 5.75 Å². The quantitative estimate of drug-likeness (QED) is 0.452. The molecule has 2 rings (SSSR count). The van der Waals surface area contributed by atoms with E-state index in [2.05, 4.69) is 16.9 Å². The lowest BCUT2D eigenvalue weighted by molar-refractivity contribution is -0.136. The highest BCUT2D eigenvalue weighted by molar-refractivity contribution is 6.24. The number of nitrogens with zero attached hydrogens (tertiary/aromatic N) is 1. The van der Waals surface area contributed by atoms with E-state index in [-0.39, 0.29) is 0 Å². The predicted octanol–water partition coefficient (Wildman–Crippen LogP) is 3.57. The minimum atomic E-state index is -0.401. The molecule has 1 aromatic carbocycles. The molecule has 0 fully saturated rings. The van der Waals surface area contributed by atoms with Gasteiger partial charge in [0.1, 0.15) is 5.75 Å². The zero-order chi connectivity index (χ0) is 14.4. The summed E-state index contributed by atoms with van der Waals surface area (Å²) in [5.41, 5.74) is 2.03. The lowest BCUT2D eigenvalue weighted by atomic mass is 10.1. The fourth-order valence-corrected chi connectivity index (χ4v) is 1.89. The summed E-state index contributed by atoms with van der Waals surface area (Å²) in [7, 11) is 0. The van der Waals surface area contributed by atoms with Gasteiger partial charge in [-0.25, -0.2) is 4.79 Å². The van der Waals surface area contributed by atoms with Gasteiger partial charge in [-0.05, 0) is 37.1 Å². The molecule has 4 heteroatoms. The summed E-state index contributed by atoms with van der Waals surface area (Å²) >= 11 is 0. The molecule has 0 spiro atoms. The lowest BCUT2D eigenvalue weighted by Gasteiger charge is -2.05. The SMILES string of the molecule is CCCCCOc1ccc(C=C2C(=O)ON=C2C)cc1. The van der Waals surface area contributed by atoms with Crippen LogP contribution in [-0.4, -0.2) is 18.3 Å². The topological polar surface area (TPSA) is 47.9 Å². The van der Waals surface area contributed by atoms with E-state index < -0.39 is 5.97 Å². The number of oxime groups is 1. The van der Waals surface area contributed by atoms with E-state index in [4.69, 9.17) is 4.74 Å². The molecule has 1 aliphatic heterocycles. The standard InChI is InChI=1S/C16H19NO3/c1-3-4-5-10-19-14-8-6-13(7-9-14)11-15-12(2)17-20-16(15)18/h6-9,11H,3-5,10H2,1-2H3. The van der Waals surface area contributed by atoms with Crippen LogP contribution in [0.1, 0.15) is 38.7 Å². The van der Waals surface area contributed by atoms with Gasteiger partial charge in [-0.15, -0.1) is 0 Å². The molecule has 0 unspecified atom stereocenters. The van der Waals surface area contributed by atoms with E-state index >= 15 is 0 Å². The lowest BCUT2D eigenvalue weighted by Crippen LogP contribution is -2.01. The van der Waals surface area contributed by atoms with Gasteiger partial charge >= 0.3 is 5.97 Å². The van der Waals surface area contributed by atoms with Crippen molar-refractivity contribution in [1.82, 2.24) is 0 Å². The number of ether oxygens (including phenoxy) is 1. The van der Waals surface area contributed by atoms with Crippen LogP contribution in [0.5, 0.6) is 5.75 Å². The van der Waals surface area contributed by atoms with Crippen LogP contribution in [0.15, 0.2) is 35.0 Å². The summed E-state index contributed by atoms with van der Waals surface area (Å²) in [6.07, 6.45) is 5.22. The van der Waals surface area contributed by atoms with Gasteiger partial charge in [0.05, 0.1) is 17.9 Å². The third-order valence-corrected chi connectivity index (χ3v) is 3.08. The molecule has 0 amide bonds. The fourth-order valence-electron chi connectivity index (χ4n) is 1.89. The Bertz CT molecular complexity index is 529. The van der Waals surface area contributed by atoms with E-state index in [1.165, 1.54) is 12.8 Å². The number of hydrogen-bond donors (Lipinski definition) is 0. The maximum atomic E-state index is 11.4. The number of carbonyl (C=O) groups is 1. The van der Waals surface area contributed by atoms with Crippen LogP contribution < -0.4 is 4.74 Å². The van der Waals surface area contributed by atoms with Crippen molar-refractivity contribution < 1.29 is 14.4 Å².